The van der Waals surface area contributed by atoms with Crippen LogP contribution in [0.5, 0.6) is 11.5 Å². The number of nitrogens with zero attached hydrogens (tertiary/aromatic N) is 3. The summed E-state index contributed by atoms with van der Waals surface area (Å²) in [6.07, 6.45) is 1.83. The molecule has 0 amide bonds. The Bertz CT molecular complexity index is 705. The van der Waals surface area contributed by atoms with Gasteiger partial charge in [0.25, 0.3) is 0 Å². The number of benzene rings is 1. The number of piperazine rings is 1. The average molecular weight is 457 g/mol. The maximum Gasteiger partial charge on any atom is 0.172 e. The molecule has 2 heterocycles. The van der Waals surface area contributed by atoms with E-state index in [2.05, 4.69) is 46.6 Å². The number of halogens is 2. The van der Waals surface area contributed by atoms with E-state index in [1.165, 1.54) is 0 Å². The Balaban J connectivity index is 1.68. The van der Waals surface area contributed by atoms with E-state index in [0.29, 0.717) is 10.2 Å². The van der Waals surface area contributed by atoms with Crippen LogP contribution in [-0.4, -0.2) is 48.3 Å². The highest BCUT2D eigenvalue weighted by Crippen LogP contribution is 2.41. The van der Waals surface area contributed by atoms with E-state index in [4.69, 9.17) is 4.74 Å². The minimum Gasteiger partial charge on any atom is -0.503 e. The summed E-state index contributed by atoms with van der Waals surface area (Å²) < 4.78 is 6.79. The first-order valence-electron chi connectivity index (χ1n) is 7.72. The number of aromatic nitrogens is 1. The summed E-state index contributed by atoms with van der Waals surface area (Å²) >= 11 is 7.07. The first-order chi connectivity index (χ1) is 11.6. The van der Waals surface area contributed by atoms with Gasteiger partial charge in [-0.2, -0.15) is 0 Å². The molecular formula is C17H19Br2N3O2. The highest BCUT2D eigenvalue weighted by Gasteiger charge is 2.21. The quantitative estimate of drug-likeness (QED) is 0.760. The Labute approximate surface area is 158 Å². The van der Waals surface area contributed by atoms with Crippen LogP contribution in [0.4, 0.5) is 5.82 Å². The summed E-state index contributed by atoms with van der Waals surface area (Å²) in [6.45, 7) is 4.53. The molecule has 3 rings (SSSR count). The van der Waals surface area contributed by atoms with Crippen molar-refractivity contribution in [1.82, 2.24) is 9.88 Å². The second-order valence-electron chi connectivity index (χ2n) is 5.65. The van der Waals surface area contributed by atoms with Crippen LogP contribution < -0.4 is 9.64 Å². The molecule has 0 radical (unpaired) electrons. The van der Waals surface area contributed by atoms with Gasteiger partial charge in [0, 0.05) is 43.4 Å². The topological polar surface area (TPSA) is 48.8 Å². The third kappa shape index (κ3) is 3.68. The van der Waals surface area contributed by atoms with Crippen LogP contribution in [0, 0.1) is 0 Å². The van der Waals surface area contributed by atoms with Crippen molar-refractivity contribution in [2.75, 3.05) is 38.2 Å². The number of rotatable bonds is 4. The molecule has 1 aromatic heterocycles. The lowest BCUT2D eigenvalue weighted by Crippen LogP contribution is -2.46. The molecule has 0 unspecified atom stereocenters. The molecule has 0 saturated carbocycles. The fraction of sp³-hybridized carbons (Fsp3) is 0.353. The minimum absolute atomic E-state index is 0.142. The van der Waals surface area contributed by atoms with Crippen molar-refractivity contribution in [2.24, 2.45) is 0 Å². The number of pyridine rings is 1. The highest BCUT2D eigenvalue weighted by molar-refractivity contribution is 9.11. The fourth-order valence-corrected chi connectivity index (χ4v) is 4.16. The molecule has 2 aromatic rings. The second kappa shape index (κ2) is 7.72. The van der Waals surface area contributed by atoms with Crippen LogP contribution in [0.2, 0.25) is 0 Å². The maximum absolute atomic E-state index is 10.2. The number of phenolic OH excluding ortho intramolecular Hbond substituents is 1. The molecule has 1 aromatic carbocycles. The summed E-state index contributed by atoms with van der Waals surface area (Å²) in [5.41, 5.74) is 1.03. The average Bonchev–Trinajstić information content (AvgIpc) is 2.63. The molecule has 1 aliphatic rings. The first-order valence-corrected chi connectivity index (χ1v) is 9.31. The van der Waals surface area contributed by atoms with Crippen molar-refractivity contribution >= 4 is 37.7 Å². The number of anilines is 1. The number of aromatic hydroxyl groups is 1. The van der Waals surface area contributed by atoms with Gasteiger partial charge in [-0.05, 0) is 39.7 Å². The molecule has 7 heteroatoms. The summed E-state index contributed by atoms with van der Waals surface area (Å²) in [7, 11) is 1.55. The molecule has 0 bridgehead atoms. The monoisotopic (exact) mass is 455 g/mol. The SMILES string of the molecule is COc1cc(Br)c(CN2CCN(c3ccccn3)CC2)c(Br)c1O. The molecule has 1 N–H and O–H groups in total. The van der Waals surface area contributed by atoms with Gasteiger partial charge < -0.3 is 14.7 Å². The van der Waals surface area contributed by atoms with Crippen molar-refractivity contribution in [1.29, 1.82) is 0 Å². The Hall–Kier alpha value is -1.31. The van der Waals surface area contributed by atoms with E-state index in [1.54, 1.807) is 13.2 Å². The third-order valence-corrected chi connectivity index (χ3v) is 5.76. The van der Waals surface area contributed by atoms with Crippen LogP contribution in [0.25, 0.3) is 0 Å². The van der Waals surface area contributed by atoms with Crippen molar-refractivity contribution in [3.8, 4) is 11.5 Å². The van der Waals surface area contributed by atoms with Crippen molar-refractivity contribution in [3.05, 3.63) is 45.0 Å². The van der Waals surface area contributed by atoms with E-state index < -0.39 is 0 Å². The largest absolute Gasteiger partial charge is 0.503 e. The standard InChI is InChI=1S/C17H19Br2N3O2/c1-24-14-10-13(18)12(16(19)17(14)23)11-21-6-8-22(9-7-21)15-4-2-3-5-20-15/h2-5,10,23H,6-9,11H2,1H3. The van der Waals surface area contributed by atoms with Crippen LogP contribution in [0.3, 0.4) is 0 Å². The molecule has 0 spiro atoms. The van der Waals surface area contributed by atoms with Gasteiger partial charge >= 0.3 is 0 Å². The summed E-state index contributed by atoms with van der Waals surface area (Å²) in [6, 6.07) is 7.80. The zero-order valence-electron chi connectivity index (χ0n) is 13.4. The Morgan fingerprint density at radius 2 is 1.96 bits per heavy atom. The van der Waals surface area contributed by atoms with Gasteiger partial charge in [-0.1, -0.05) is 22.0 Å². The van der Waals surface area contributed by atoms with Crippen LogP contribution >= 0.6 is 31.9 Å². The van der Waals surface area contributed by atoms with E-state index in [-0.39, 0.29) is 5.75 Å². The number of methoxy groups -OCH3 is 1. The smallest absolute Gasteiger partial charge is 0.172 e. The van der Waals surface area contributed by atoms with Crippen molar-refractivity contribution in [3.63, 3.8) is 0 Å². The van der Waals surface area contributed by atoms with Gasteiger partial charge in [-0.15, -0.1) is 0 Å². The molecule has 1 saturated heterocycles. The molecule has 0 aliphatic carbocycles. The first kappa shape index (κ1) is 17.5. The number of phenols is 1. The molecular weight excluding hydrogens is 438 g/mol. The molecule has 0 atom stereocenters. The Kier molecular flexibility index (Phi) is 5.63. The molecule has 128 valence electrons. The van der Waals surface area contributed by atoms with E-state index >= 15 is 0 Å². The minimum atomic E-state index is 0.142. The molecule has 1 aliphatic heterocycles. The van der Waals surface area contributed by atoms with E-state index in [0.717, 1.165) is 48.6 Å². The number of hydrogen-bond acceptors (Lipinski definition) is 5. The van der Waals surface area contributed by atoms with E-state index in [1.807, 2.05) is 24.4 Å². The van der Waals surface area contributed by atoms with Gasteiger partial charge in [0.1, 0.15) is 5.82 Å². The lowest BCUT2D eigenvalue weighted by Gasteiger charge is -2.35. The number of ether oxygens (including phenoxy) is 1. The molecule has 24 heavy (non-hydrogen) atoms. The third-order valence-electron chi connectivity index (χ3n) is 4.20. The fourth-order valence-electron chi connectivity index (χ4n) is 2.83. The van der Waals surface area contributed by atoms with E-state index in [9.17, 15) is 5.11 Å². The predicted molar refractivity (Wildman–Crippen MR) is 102 cm³/mol. The Morgan fingerprint density at radius 1 is 1.21 bits per heavy atom. The van der Waals surface area contributed by atoms with Gasteiger partial charge in [-0.25, -0.2) is 4.98 Å². The van der Waals surface area contributed by atoms with Gasteiger partial charge in [-0.3, -0.25) is 4.90 Å². The molecule has 1 fully saturated rings. The lowest BCUT2D eigenvalue weighted by molar-refractivity contribution is 0.248. The van der Waals surface area contributed by atoms with Gasteiger partial charge in [0.2, 0.25) is 0 Å². The highest BCUT2D eigenvalue weighted by atomic mass is 79.9. The van der Waals surface area contributed by atoms with Gasteiger partial charge in [0.05, 0.1) is 11.6 Å². The molecule has 5 nitrogen and oxygen atoms in total. The Morgan fingerprint density at radius 3 is 2.58 bits per heavy atom. The zero-order chi connectivity index (χ0) is 17.1. The van der Waals surface area contributed by atoms with Crippen LogP contribution in [-0.2, 0) is 6.54 Å². The van der Waals surface area contributed by atoms with Crippen molar-refractivity contribution < 1.29 is 9.84 Å². The zero-order valence-corrected chi connectivity index (χ0v) is 16.5. The van der Waals surface area contributed by atoms with Crippen molar-refractivity contribution in [2.45, 2.75) is 6.54 Å². The number of hydrogen-bond donors (Lipinski definition) is 1. The lowest BCUT2D eigenvalue weighted by atomic mass is 10.1. The maximum atomic E-state index is 10.2. The van der Waals surface area contributed by atoms with Gasteiger partial charge in [0.15, 0.2) is 11.5 Å². The van der Waals surface area contributed by atoms with Crippen LogP contribution in [0.1, 0.15) is 5.56 Å². The predicted octanol–water partition coefficient (Wildman–Crippen LogP) is 3.64. The summed E-state index contributed by atoms with van der Waals surface area (Å²) in [4.78, 5) is 9.08. The normalized spacial score (nSPS) is 15.5. The second-order valence-corrected chi connectivity index (χ2v) is 7.30. The summed E-state index contributed by atoms with van der Waals surface area (Å²) in [5.74, 6) is 1.63. The van der Waals surface area contributed by atoms with Crippen LogP contribution in [0.15, 0.2) is 39.4 Å². The summed E-state index contributed by atoms with van der Waals surface area (Å²) in [5, 5.41) is 10.2.